The van der Waals surface area contributed by atoms with Crippen molar-refractivity contribution in [3.63, 3.8) is 0 Å². The zero-order valence-electron chi connectivity index (χ0n) is 19.9. The normalized spacial score (nSPS) is 20.0. The van der Waals surface area contributed by atoms with E-state index in [0.717, 1.165) is 57.8 Å². The van der Waals surface area contributed by atoms with Gasteiger partial charge >= 0.3 is 6.03 Å². The predicted octanol–water partition coefficient (Wildman–Crippen LogP) is 4.97. The van der Waals surface area contributed by atoms with Gasteiger partial charge in [-0.15, -0.1) is 0 Å². The number of fused-ring (bicyclic) bond motifs is 1. The molecule has 5 heteroatoms. The lowest BCUT2D eigenvalue weighted by atomic mass is 9.95. The first-order valence-electron chi connectivity index (χ1n) is 12.6. The molecule has 0 radical (unpaired) electrons. The van der Waals surface area contributed by atoms with E-state index in [9.17, 15) is 4.79 Å². The lowest BCUT2D eigenvalue weighted by Gasteiger charge is -2.32. The Morgan fingerprint density at radius 3 is 2.58 bits per heavy atom. The molecule has 1 saturated heterocycles. The largest absolute Gasteiger partial charge is 0.323 e. The molecule has 0 bridgehead atoms. The van der Waals surface area contributed by atoms with Gasteiger partial charge in [0.05, 0.1) is 12.2 Å². The molecular weight excluding hydrogens is 408 g/mol. The van der Waals surface area contributed by atoms with Crippen molar-refractivity contribution in [3.05, 3.63) is 71.1 Å². The van der Waals surface area contributed by atoms with E-state index in [1.165, 1.54) is 41.5 Å². The third kappa shape index (κ3) is 5.30. The zero-order chi connectivity index (χ0) is 22.6. The van der Waals surface area contributed by atoms with Gasteiger partial charge in [0.1, 0.15) is 0 Å². The fraction of sp³-hybridized carbons (Fsp3) is 0.500. The van der Waals surface area contributed by atoms with Gasteiger partial charge in [-0.25, -0.2) is 4.79 Å². The highest BCUT2D eigenvalue weighted by Crippen LogP contribution is 2.26. The Hall–Kier alpha value is -2.66. The second kappa shape index (κ2) is 10.1. The maximum atomic E-state index is 13.0. The second-order valence-electron chi connectivity index (χ2n) is 10.0. The quantitative estimate of drug-likeness (QED) is 0.605. The van der Waals surface area contributed by atoms with Gasteiger partial charge in [0, 0.05) is 45.5 Å². The Kier molecular flexibility index (Phi) is 6.77. The van der Waals surface area contributed by atoms with Gasteiger partial charge in [-0.2, -0.15) is 0 Å². The highest BCUT2D eigenvalue weighted by Gasteiger charge is 2.30. The minimum Gasteiger partial charge on any atom is -0.323 e. The van der Waals surface area contributed by atoms with Crippen molar-refractivity contribution in [2.24, 2.45) is 5.92 Å². The number of hydrogen-bond acceptors (Lipinski definition) is 3. The standard InChI is InChI=1S/C28H36N4O/c1-22(18-30-14-13-24-9-5-6-10-26(24)20-30)19-31-15-16-32(28(31)33)21-27-12-11-25(17-29-27)23-7-3-2-4-8-23/h5-7,9-12,17,22H,2-4,8,13-16,18-21H2,1H3/t22-/m1/s1. The number of allylic oxidation sites excluding steroid dienone is 2. The molecular formula is C28H36N4O. The van der Waals surface area contributed by atoms with E-state index in [-0.39, 0.29) is 6.03 Å². The number of carbonyl (C=O) groups excluding carboxylic acids is 1. The molecule has 1 fully saturated rings. The Bertz CT molecular complexity index is 999. The van der Waals surface area contributed by atoms with Crippen LogP contribution < -0.4 is 0 Å². The Balaban J connectivity index is 1.11. The van der Waals surface area contributed by atoms with Crippen LogP contribution in [0.15, 0.2) is 48.7 Å². The molecule has 1 atom stereocenters. The van der Waals surface area contributed by atoms with Gasteiger partial charge in [0.15, 0.2) is 0 Å². The molecule has 1 aromatic carbocycles. The van der Waals surface area contributed by atoms with Crippen LogP contribution in [0.1, 0.15) is 55.0 Å². The molecule has 2 aromatic rings. The van der Waals surface area contributed by atoms with Crippen LogP contribution in [-0.4, -0.2) is 58.4 Å². The number of aromatic nitrogens is 1. The van der Waals surface area contributed by atoms with Crippen LogP contribution in [0.25, 0.3) is 5.57 Å². The maximum Gasteiger partial charge on any atom is 0.320 e. The van der Waals surface area contributed by atoms with E-state index in [0.29, 0.717) is 12.5 Å². The zero-order valence-corrected chi connectivity index (χ0v) is 19.9. The molecule has 5 nitrogen and oxygen atoms in total. The molecule has 2 amide bonds. The Morgan fingerprint density at radius 2 is 1.79 bits per heavy atom. The third-order valence-corrected chi connectivity index (χ3v) is 7.33. The van der Waals surface area contributed by atoms with Crippen molar-refractivity contribution >= 4 is 11.6 Å². The highest BCUT2D eigenvalue weighted by molar-refractivity contribution is 5.76. The number of nitrogens with zero attached hydrogens (tertiary/aromatic N) is 4. The van der Waals surface area contributed by atoms with E-state index in [1.54, 1.807) is 0 Å². The van der Waals surface area contributed by atoms with Crippen LogP contribution in [0, 0.1) is 5.92 Å². The van der Waals surface area contributed by atoms with Crippen molar-refractivity contribution in [3.8, 4) is 0 Å². The number of urea groups is 1. The fourth-order valence-corrected chi connectivity index (χ4v) is 5.54. The average molecular weight is 445 g/mol. The summed E-state index contributed by atoms with van der Waals surface area (Å²) in [7, 11) is 0. The van der Waals surface area contributed by atoms with Crippen molar-refractivity contribution in [1.82, 2.24) is 19.7 Å². The van der Waals surface area contributed by atoms with E-state index >= 15 is 0 Å². The summed E-state index contributed by atoms with van der Waals surface area (Å²) in [5.41, 5.74) is 6.59. The Morgan fingerprint density at radius 1 is 0.939 bits per heavy atom. The van der Waals surface area contributed by atoms with Crippen LogP contribution in [-0.2, 0) is 19.5 Å². The van der Waals surface area contributed by atoms with Crippen molar-refractivity contribution in [2.75, 3.05) is 32.7 Å². The molecule has 174 valence electrons. The number of rotatable bonds is 7. The number of amides is 2. The topological polar surface area (TPSA) is 39.7 Å². The lowest BCUT2D eigenvalue weighted by Crippen LogP contribution is -2.39. The van der Waals surface area contributed by atoms with Crippen LogP contribution in [0.3, 0.4) is 0 Å². The summed E-state index contributed by atoms with van der Waals surface area (Å²) in [6.07, 6.45) is 10.4. The van der Waals surface area contributed by atoms with Gasteiger partial charge in [-0.3, -0.25) is 9.88 Å². The fourth-order valence-electron chi connectivity index (χ4n) is 5.54. The lowest BCUT2D eigenvalue weighted by molar-refractivity contribution is 0.170. The van der Waals surface area contributed by atoms with Crippen molar-refractivity contribution < 1.29 is 4.79 Å². The monoisotopic (exact) mass is 444 g/mol. The summed E-state index contributed by atoms with van der Waals surface area (Å²) in [5.74, 6) is 0.459. The molecule has 0 spiro atoms. The second-order valence-corrected chi connectivity index (χ2v) is 10.0. The molecule has 1 aliphatic carbocycles. The first-order valence-corrected chi connectivity index (χ1v) is 12.6. The smallest absolute Gasteiger partial charge is 0.320 e. The van der Waals surface area contributed by atoms with Crippen LogP contribution >= 0.6 is 0 Å². The highest BCUT2D eigenvalue weighted by atomic mass is 16.2. The number of hydrogen-bond donors (Lipinski definition) is 0. The third-order valence-electron chi connectivity index (χ3n) is 7.33. The van der Waals surface area contributed by atoms with Crippen molar-refractivity contribution in [1.29, 1.82) is 0 Å². The first kappa shape index (κ1) is 22.1. The molecule has 3 heterocycles. The molecule has 0 N–H and O–H groups in total. The van der Waals surface area contributed by atoms with Crippen LogP contribution in [0.4, 0.5) is 4.79 Å². The number of pyridine rings is 1. The molecule has 0 unspecified atom stereocenters. The predicted molar refractivity (Wildman–Crippen MR) is 133 cm³/mol. The first-order chi connectivity index (χ1) is 16.2. The van der Waals surface area contributed by atoms with E-state index in [4.69, 9.17) is 0 Å². The average Bonchev–Trinajstić information content (AvgIpc) is 3.18. The SMILES string of the molecule is C[C@H](CN1CCc2ccccc2C1)CN1CCN(Cc2ccc(C3=CCCCC3)cn2)C1=O. The molecule has 5 rings (SSSR count). The maximum absolute atomic E-state index is 13.0. The van der Waals surface area contributed by atoms with E-state index in [1.807, 2.05) is 16.0 Å². The summed E-state index contributed by atoms with van der Waals surface area (Å²) in [4.78, 5) is 24.2. The molecule has 1 aromatic heterocycles. The summed E-state index contributed by atoms with van der Waals surface area (Å²) in [6, 6.07) is 13.2. The van der Waals surface area contributed by atoms with Gasteiger partial charge in [-0.1, -0.05) is 43.3 Å². The molecule has 33 heavy (non-hydrogen) atoms. The molecule has 0 saturated carbocycles. The summed E-state index contributed by atoms with van der Waals surface area (Å²) in [6.45, 7) is 8.49. The van der Waals surface area contributed by atoms with Gasteiger partial charge in [-0.05, 0) is 66.4 Å². The van der Waals surface area contributed by atoms with Crippen LogP contribution in [0.2, 0.25) is 0 Å². The van der Waals surface area contributed by atoms with Crippen LogP contribution in [0.5, 0.6) is 0 Å². The Labute approximate surface area is 198 Å². The van der Waals surface area contributed by atoms with E-state index < -0.39 is 0 Å². The minimum atomic E-state index is 0.159. The molecule has 2 aliphatic heterocycles. The van der Waals surface area contributed by atoms with E-state index in [2.05, 4.69) is 59.3 Å². The summed E-state index contributed by atoms with van der Waals surface area (Å²) >= 11 is 0. The summed E-state index contributed by atoms with van der Waals surface area (Å²) < 4.78 is 0. The summed E-state index contributed by atoms with van der Waals surface area (Å²) in [5, 5.41) is 0. The van der Waals surface area contributed by atoms with Crippen molar-refractivity contribution in [2.45, 2.75) is 52.1 Å². The van der Waals surface area contributed by atoms with Gasteiger partial charge in [0.2, 0.25) is 0 Å². The minimum absolute atomic E-state index is 0.159. The number of benzene rings is 1. The molecule has 3 aliphatic rings. The van der Waals surface area contributed by atoms with Gasteiger partial charge < -0.3 is 9.80 Å². The number of carbonyl (C=O) groups is 1. The van der Waals surface area contributed by atoms with Gasteiger partial charge in [0.25, 0.3) is 0 Å².